The van der Waals surface area contributed by atoms with Gasteiger partial charge < -0.3 is 9.80 Å². The van der Waals surface area contributed by atoms with Gasteiger partial charge in [-0.3, -0.25) is 0 Å². The lowest BCUT2D eigenvalue weighted by Gasteiger charge is -2.35. The number of fused-ring (bicyclic) bond motifs is 6. The fourth-order valence-corrected chi connectivity index (χ4v) is 10.5. The van der Waals surface area contributed by atoms with Gasteiger partial charge >= 0.3 is 0 Å². The molecule has 0 unspecified atom stereocenters. The molecule has 0 radical (unpaired) electrons. The second-order valence-corrected chi connectivity index (χ2v) is 16.5. The zero-order valence-electron chi connectivity index (χ0n) is 29.3. The molecule has 6 nitrogen and oxygen atoms in total. The van der Waals surface area contributed by atoms with E-state index in [9.17, 15) is 10.5 Å². The summed E-state index contributed by atoms with van der Waals surface area (Å²) < 4.78 is 0. The van der Waals surface area contributed by atoms with E-state index < -0.39 is 0 Å². The predicted molar refractivity (Wildman–Crippen MR) is 226 cm³/mol. The van der Waals surface area contributed by atoms with E-state index in [4.69, 9.17) is 9.97 Å². The van der Waals surface area contributed by atoms with E-state index >= 15 is 0 Å². The summed E-state index contributed by atoms with van der Waals surface area (Å²) in [4.78, 5) is 19.8. The molecule has 4 aliphatic rings. The van der Waals surface area contributed by atoms with Gasteiger partial charge in [0, 0.05) is 71.0 Å². The molecule has 0 saturated heterocycles. The first-order chi connectivity index (χ1) is 26.6. The van der Waals surface area contributed by atoms with Crippen LogP contribution in [0.15, 0.2) is 157 Å². The van der Waals surface area contributed by atoms with Gasteiger partial charge in [-0.25, -0.2) is 9.97 Å². The van der Waals surface area contributed by atoms with Crippen LogP contribution in [0.25, 0.3) is 33.3 Å². The number of nitrogens with zero attached hydrogens (tertiary/aromatic N) is 6. The molecule has 0 atom stereocenters. The molecule has 3 heterocycles. The fourth-order valence-electron chi connectivity index (χ4n) is 7.30. The Balaban J connectivity index is 0.000000918. The zero-order valence-corrected chi connectivity index (χ0v) is 32.5. The molecule has 5 aromatic carbocycles. The van der Waals surface area contributed by atoms with Crippen LogP contribution < -0.4 is 9.80 Å². The van der Waals surface area contributed by atoms with Gasteiger partial charge in [-0.2, -0.15) is 10.5 Å². The maximum Gasteiger partial charge on any atom is 0.145 e. The van der Waals surface area contributed by atoms with Crippen molar-refractivity contribution in [1.82, 2.24) is 9.97 Å². The third kappa shape index (κ3) is 5.78. The summed E-state index contributed by atoms with van der Waals surface area (Å²) in [7, 11) is 0. The van der Waals surface area contributed by atoms with Crippen LogP contribution in [0.2, 0.25) is 0 Å². The summed E-state index contributed by atoms with van der Waals surface area (Å²) >= 11 is 5.54. The van der Waals surface area contributed by atoms with Gasteiger partial charge in [0.2, 0.25) is 0 Å². The Bertz CT molecular complexity index is 2650. The highest BCUT2D eigenvalue weighted by atomic mass is 32.2. The van der Waals surface area contributed by atoms with Crippen LogP contribution >= 0.6 is 47.0 Å². The summed E-state index contributed by atoms with van der Waals surface area (Å²) in [5.41, 5.74) is 10.0. The number of benzene rings is 5. The Labute approximate surface area is 331 Å². The second-order valence-electron chi connectivity index (χ2n) is 12.7. The summed E-state index contributed by atoms with van der Waals surface area (Å²) in [5, 5.41) is 26.7. The quantitative estimate of drug-likeness (QED) is 0.0980. The number of para-hydroxylation sites is 3. The predicted octanol–water partition coefficient (Wildman–Crippen LogP) is 13.7. The van der Waals surface area contributed by atoms with Crippen LogP contribution in [0.1, 0.15) is 26.7 Å². The third-order valence-electron chi connectivity index (χ3n) is 9.61. The van der Waals surface area contributed by atoms with E-state index in [-0.39, 0.29) is 0 Å². The van der Waals surface area contributed by atoms with Gasteiger partial charge in [0.25, 0.3) is 0 Å². The minimum atomic E-state index is 0.443. The molecule has 260 valence electrons. The van der Waals surface area contributed by atoms with Crippen molar-refractivity contribution in [2.45, 2.75) is 51.4 Å². The lowest BCUT2D eigenvalue weighted by molar-refractivity contribution is 0.942. The molecule has 0 amide bonds. The maximum atomic E-state index is 9.67. The van der Waals surface area contributed by atoms with Crippen molar-refractivity contribution in [3.8, 4) is 33.3 Å². The molecule has 10 heteroatoms. The van der Waals surface area contributed by atoms with E-state index in [0.29, 0.717) is 10.1 Å². The molecular formula is C44H30N6S4. The lowest BCUT2D eigenvalue weighted by atomic mass is 9.99. The number of anilines is 5. The number of hydrogen-bond donors (Lipinski definition) is 0. The Morgan fingerprint density at radius 2 is 1.17 bits per heavy atom. The maximum absolute atomic E-state index is 9.67. The van der Waals surface area contributed by atoms with Crippen molar-refractivity contribution in [2.24, 2.45) is 0 Å². The van der Waals surface area contributed by atoms with E-state index in [1.54, 1.807) is 11.8 Å². The van der Waals surface area contributed by atoms with Gasteiger partial charge in [-0.1, -0.05) is 78.2 Å². The van der Waals surface area contributed by atoms with Crippen LogP contribution in [0.3, 0.4) is 0 Å². The van der Waals surface area contributed by atoms with Gasteiger partial charge in [-0.05, 0) is 98.8 Å². The normalized spacial score (nSPS) is 14.4. The molecule has 2 aliphatic carbocycles. The minimum absolute atomic E-state index is 0.443. The first-order valence-corrected chi connectivity index (χ1v) is 20.7. The molecule has 0 spiro atoms. The van der Waals surface area contributed by atoms with Crippen molar-refractivity contribution in [2.75, 3.05) is 9.80 Å². The van der Waals surface area contributed by atoms with Crippen molar-refractivity contribution in [3.05, 3.63) is 132 Å². The van der Waals surface area contributed by atoms with Gasteiger partial charge in [0.1, 0.15) is 20.9 Å². The van der Waals surface area contributed by atoms with Crippen molar-refractivity contribution >= 4 is 86.3 Å². The number of allylic oxidation sites excluding steroid dienone is 5. The van der Waals surface area contributed by atoms with Crippen molar-refractivity contribution in [1.29, 1.82) is 10.5 Å². The molecule has 54 heavy (non-hydrogen) atoms. The number of rotatable bonds is 4. The Morgan fingerprint density at radius 3 is 1.70 bits per heavy atom. The molecule has 1 aromatic heterocycles. The van der Waals surface area contributed by atoms with Crippen LogP contribution in [-0.4, -0.2) is 9.97 Å². The van der Waals surface area contributed by atoms with Crippen LogP contribution in [0.5, 0.6) is 0 Å². The average Bonchev–Trinajstić information content (AvgIpc) is 3.51. The SMILES string of the molecule is C/C=C\C.N#CSc1nc2c(nc1SC#N)-c1cc(N3c4ccccc4Sc4ccccc43)cc3cc(N4C5=C(CCC=C5)Sc5ccccc54)cc-2c13. The van der Waals surface area contributed by atoms with Crippen LogP contribution in [0.4, 0.5) is 28.4 Å². The topological polar surface area (TPSA) is 79.8 Å². The van der Waals surface area contributed by atoms with Crippen LogP contribution in [-0.2, 0) is 0 Å². The zero-order chi connectivity index (χ0) is 36.8. The molecule has 2 aliphatic heterocycles. The summed E-state index contributed by atoms with van der Waals surface area (Å²) in [6, 6.07) is 34.7. The van der Waals surface area contributed by atoms with Crippen LogP contribution in [0, 0.1) is 21.3 Å². The third-order valence-corrected chi connectivity index (χ3v) is 13.2. The lowest BCUT2D eigenvalue weighted by Crippen LogP contribution is -2.21. The number of thioether (sulfide) groups is 3. The number of thiocyanates is 2. The highest BCUT2D eigenvalue weighted by Crippen LogP contribution is 2.56. The molecule has 0 bridgehead atoms. The first kappa shape index (κ1) is 34.4. The van der Waals surface area contributed by atoms with Crippen molar-refractivity contribution < 1.29 is 0 Å². The van der Waals surface area contributed by atoms with E-state index in [2.05, 4.69) is 130 Å². The summed E-state index contributed by atoms with van der Waals surface area (Å²) in [5.74, 6) is 0. The molecule has 0 N–H and O–H groups in total. The van der Waals surface area contributed by atoms with Crippen molar-refractivity contribution in [3.63, 3.8) is 0 Å². The Kier molecular flexibility index (Phi) is 9.22. The molecule has 10 rings (SSSR count). The standard InChI is InChI=1S/C40H22N6S4.C4H8/c41-21-47-39-40(48-22-42)44-38-27-20-25(46-30-11-3-7-15-34(30)50-35-16-8-4-12-31(35)46)18-23-17-24(19-26(36(23)27)37(38)43-39)45-28-9-1-5-13-32(28)49-33-14-6-2-10-29(33)45;1-3-4-2/h1-7,9-15,17-20H,8,16H2;3-4H,1-2H3/b;4-3-. The number of hydrogen-bond acceptors (Lipinski definition) is 10. The summed E-state index contributed by atoms with van der Waals surface area (Å²) in [6.45, 7) is 4.00. The van der Waals surface area contributed by atoms with Gasteiger partial charge in [-0.15, -0.1) is 0 Å². The number of nitriles is 2. The molecular weight excluding hydrogens is 741 g/mol. The van der Waals surface area contributed by atoms with E-state index in [1.165, 1.54) is 25.3 Å². The molecule has 0 saturated carbocycles. The largest absolute Gasteiger partial charge is 0.309 e. The smallest absolute Gasteiger partial charge is 0.145 e. The monoisotopic (exact) mass is 770 g/mol. The highest BCUT2D eigenvalue weighted by molar-refractivity contribution is 8.06. The molecule has 6 aromatic rings. The first-order valence-electron chi connectivity index (χ1n) is 17.5. The Hall–Kier alpha value is -5.36. The van der Waals surface area contributed by atoms with E-state index in [1.807, 2.05) is 37.8 Å². The highest BCUT2D eigenvalue weighted by Gasteiger charge is 2.33. The average molecular weight is 771 g/mol. The Morgan fingerprint density at radius 1 is 0.667 bits per heavy atom. The minimum Gasteiger partial charge on any atom is -0.309 e. The molecule has 0 fully saturated rings. The van der Waals surface area contributed by atoms with Gasteiger partial charge in [0.15, 0.2) is 0 Å². The van der Waals surface area contributed by atoms with Gasteiger partial charge in [0.05, 0.1) is 34.1 Å². The van der Waals surface area contributed by atoms with E-state index in [0.717, 1.165) is 98.1 Å². The number of aromatic nitrogens is 2. The fraction of sp³-hybridized carbons (Fsp3) is 0.0909. The summed E-state index contributed by atoms with van der Waals surface area (Å²) in [6.07, 6.45) is 10.6. The second kappa shape index (κ2) is 14.5.